The molecule has 0 aliphatic heterocycles. The summed E-state index contributed by atoms with van der Waals surface area (Å²) in [5.74, 6) is -0.495. The first-order chi connectivity index (χ1) is 11.5. The van der Waals surface area contributed by atoms with E-state index in [0.717, 1.165) is 0 Å². The van der Waals surface area contributed by atoms with Crippen LogP contribution in [-0.4, -0.2) is 43.3 Å². The van der Waals surface area contributed by atoms with Gasteiger partial charge in [-0.05, 0) is 36.4 Å². The fraction of sp³-hybridized carbons (Fsp3) is 0.235. The molecule has 0 saturated carbocycles. The van der Waals surface area contributed by atoms with Crippen LogP contribution < -0.4 is 10.6 Å². The standard InChI is InChI=1S/C17H19N3O4/c1-20(2)17(23)12-5-7-13(8-6-12)19-15(21)9-10-18-16(22)14-4-3-11-24-14/h3-8,11H,9-10H2,1-2H3,(H,18,22)(H,19,21). The molecular formula is C17H19N3O4. The number of hydrogen-bond acceptors (Lipinski definition) is 4. The molecule has 0 bridgehead atoms. The molecule has 3 amide bonds. The van der Waals surface area contributed by atoms with Gasteiger partial charge in [-0.3, -0.25) is 14.4 Å². The van der Waals surface area contributed by atoms with Crippen LogP contribution >= 0.6 is 0 Å². The summed E-state index contributed by atoms with van der Waals surface area (Å²) in [6, 6.07) is 9.79. The van der Waals surface area contributed by atoms with Crippen molar-refractivity contribution < 1.29 is 18.8 Å². The molecule has 0 unspecified atom stereocenters. The third-order valence-electron chi connectivity index (χ3n) is 3.20. The molecule has 1 aromatic heterocycles. The van der Waals surface area contributed by atoms with E-state index in [1.165, 1.54) is 11.2 Å². The molecule has 2 rings (SSSR count). The zero-order valence-corrected chi connectivity index (χ0v) is 13.5. The van der Waals surface area contributed by atoms with E-state index in [1.54, 1.807) is 50.5 Å². The van der Waals surface area contributed by atoms with E-state index in [9.17, 15) is 14.4 Å². The van der Waals surface area contributed by atoms with E-state index in [4.69, 9.17) is 4.42 Å². The average Bonchev–Trinajstić information content (AvgIpc) is 3.09. The number of nitrogens with one attached hydrogen (secondary N) is 2. The zero-order chi connectivity index (χ0) is 17.5. The predicted molar refractivity (Wildman–Crippen MR) is 88.7 cm³/mol. The number of furan rings is 1. The lowest BCUT2D eigenvalue weighted by Crippen LogP contribution is -2.27. The third kappa shape index (κ3) is 4.70. The van der Waals surface area contributed by atoms with Gasteiger partial charge in [0, 0.05) is 38.3 Å². The molecule has 7 nitrogen and oxygen atoms in total. The van der Waals surface area contributed by atoms with Gasteiger partial charge in [0.1, 0.15) is 0 Å². The highest BCUT2D eigenvalue weighted by Crippen LogP contribution is 2.11. The molecule has 0 radical (unpaired) electrons. The van der Waals surface area contributed by atoms with Crippen LogP contribution in [0.2, 0.25) is 0 Å². The Bertz CT molecular complexity index is 706. The molecule has 126 valence electrons. The van der Waals surface area contributed by atoms with Gasteiger partial charge < -0.3 is 20.0 Å². The fourth-order valence-electron chi connectivity index (χ4n) is 1.96. The first kappa shape index (κ1) is 17.3. The summed E-state index contributed by atoms with van der Waals surface area (Å²) in [5.41, 5.74) is 1.14. The van der Waals surface area contributed by atoms with Crippen LogP contribution in [-0.2, 0) is 4.79 Å². The summed E-state index contributed by atoms with van der Waals surface area (Å²) in [5, 5.41) is 5.30. The minimum absolute atomic E-state index is 0.103. The summed E-state index contributed by atoms with van der Waals surface area (Å²) in [6.45, 7) is 0.197. The van der Waals surface area contributed by atoms with Crippen LogP contribution in [0.4, 0.5) is 5.69 Å². The molecule has 0 aliphatic carbocycles. The van der Waals surface area contributed by atoms with Crippen LogP contribution in [0.5, 0.6) is 0 Å². The van der Waals surface area contributed by atoms with Gasteiger partial charge in [0.05, 0.1) is 6.26 Å². The number of benzene rings is 1. The Labute approximate surface area is 139 Å². The lowest BCUT2D eigenvalue weighted by Gasteiger charge is -2.11. The van der Waals surface area contributed by atoms with E-state index in [1.807, 2.05) is 0 Å². The highest BCUT2D eigenvalue weighted by Gasteiger charge is 2.10. The topological polar surface area (TPSA) is 91.7 Å². The summed E-state index contributed by atoms with van der Waals surface area (Å²) in [4.78, 5) is 36.7. The van der Waals surface area contributed by atoms with E-state index >= 15 is 0 Å². The molecule has 2 aromatic rings. The predicted octanol–water partition coefficient (Wildman–Crippen LogP) is 1.74. The summed E-state index contributed by atoms with van der Waals surface area (Å²) >= 11 is 0. The number of carbonyl (C=O) groups is 3. The summed E-state index contributed by atoms with van der Waals surface area (Å²) in [7, 11) is 3.35. The van der Waals surface area contributed by atoms with Gasteiger partial charge >= 0.3 is 0 Å². The SMILES string of the molecule is CN(C)C(=O)c1ccc(NC(=O)CCNC(=O)c2ccco2)cc1. The Hall–Kier alpha value is -3.09. The molecule has 0 saturated heterocycles. The first-order valence-corrected chi connectivity index (χ1v) is 7.40. The van der Waals surface area contributed by atoms with Gasteiger partial charge in [-0.25, -0.2) is 0 Å². The van der Waals surface area contributed by atoms with Gasteiger partial charge in [-0.15, -0.1) is 0 Å². The van der Waals surface area contributed by atoms with Gasteiger partial charge in [0.15, 0.2) is 5.76 Å². The van der Waals surface area contributed by atoms with E-state index in [-0.39, 0.29) is 36.4 Å². The quantitative estimate of drug-likeness (QED) is 0.844. The molecule has 7 heteroatoms. The highest BCUT2D eigenvalue weighted by atomic mass is 16.3. The molecule has 0 fully saturated rings. The Morgan fingerprint density at radius 1 is 1.08 bits per heavy atom. The maximum atomic E-state index is 11.8. The van der Waals surface area contributed by atoms with Crippen LogP contribution in [0.15, 0.2) is 47.1 Å². The van der Waals surface area contributed by atoms with Crippen molar-refractivity contribution in [3.63, 3.8) is 0 Å². The number of carbonyl (C=O) groups excluding carboxylic acids is 3. The van der Waals surface area contributed by atoms with Crippen molar-refractivity contribution in [1.29, 1.82) is 0 Å². The van der Waals surface area contributed by atoms with E-state index in [0.29, 0.717) is 11.3 Å². The van der Waals surface area contributed by atoms with Crippen LogP contribution in [0.1, 0.15) is 27.3 Å². The number of nitrogens with zero attached hydrogens (tertiary/aromatic N) is 1. The zero-order valence-electron chi connectivity index (χ0n) is 13.5. The molecule has 2 N–H and O–H groups in total. The molecule has 0 atom stereocenters. The van der Waals surface area contributed by atoms with E-state index in [2.05, 4.69) is 10.6 Å². The van der Waals surface area contributed by atoms with Crippen molar-refractivity contribution in [1.82, 2.24) is 10.2 Å². The summed E-state index contributed by atoms with van der Waals surface area (Å²) < 4.78 is 4.95. The maximum Gasteiger partial charge on any atom is 0.286 e. The molecule has 0 aliphatic rings. The normalized spacial score (nSPS) is 10.1. The Kier molecular flexibility index (Phi) is 5.73. The number of amides is 3. The largest absolute Gasteiger partial charge is 0.459 e. The lowest BCUT2D eigenvalue weighted by molar-refractivity contribution is -0.116. The second-order valence-electron chi connectivity index (χ2n) is 5.31. The van der Waals surface area contributed by atoms with Gasteiger partial charge in [-0.2, -0.15) is 0 Å². The molecule has 0 spiro atoms. The monoisotopic (exact) mass is 329 g/mol. The second-order valence-corrected chi connectivity index (χ2v) is 5.31. The number of hydrogen-bond donors (Lipinski definition) is 2. The second kappa shape index (κ2) is 7.96. The van der Waals surface area contributed by atoms with E-state index < -0.39 is 0 Å². The van der Waals surface area contributed by atoms with Gasteiger partial charge in [0.25, 0.3) is 11.8 Å². The molecule has 1 heterocycles. The minimum Gasteiger partial charge on any atom is -0.459 e. The third-order valence-corrected chi connectivity index (χ3v) is 3.20. The van der Waals surface area contributed by atoms with Crippen LogP contribution in [0.25, 0.3) is 0 Å². The summed E-state index contributed by atoms with van der Waals surface area (Å²) in [6.07, 6.45) is 1.54. The molecular weight excluding hydrogens is 310 g/mol. The Balaban J connectivity index is 1.78. The highest BCUT2D eigenvalue weighted by molar-refractivity contribution is 5.96. The smallest absolute Gasteiger partial charge is 0.286 e. The minimum atomic E-state index is -0.362. The van der Waals surface area contributed by atoms with Crippen molar-refractivity contribution in [3.05, 3.63) is 54.0 Å². The van der Waals surface area contributed by atoms with Gasteiger partial charge in [-0.1, -0.05) is 0 Å². The van der Waals surface area contributed by atoms with Crippen molar-refractivity contribution in [2.24, 2.45) is 0 Å². The maximum absolute atomic E-state index is 11.8. The van der Waals surface area contributed by atoms with Crippen molar-refractivity contribution in [2.75, 3.05) is 26.0 Å². The molecule has 24 heavy (non-hydrogen) atoms. The average molecular weight is 329 g/mol. The van der Waals surface area contributed by atoms with Crippen LogP contribution in [0, 0.1) is 0 Å². The van der Waals surface area contributed by atoms with Crippen molar-refractivity contribution in [3.8, 4) is 0 Å². The fourth-order valence-corrected chi connectivity index (χ4v) is 1.96. The Morgan fingerprint density at radius 2 is 1.79 bits per heavy atom. The van der Waals surface area contributed by atoms with Gasteiger partial charge in [0.2, 0.25) is 5.91 Å². The molecule has 1 aromatic carbocycles. The Morgan fingerprint density at radius 3 is 2.38 bits per heavy atom. The number of anilines is 1. The van der Waals surface area contributed by atoms with Crippen molar-refractivity contribution in [2.45, 2.75) is 6.42 Å². The number of rotatable bonds is 6. The van der Waals surface area contributed by atoms with Crippen molar-refractivity contribution >= 4 is 23.4 Å². The van der Waals surface area contributed by atoms with Crippen LogP contribution in [0.3, 0.4) is 0 Å². The first-order valence-electron chi connectivity index (χ1n) is 7.40. The lowest BCUT2D eigenvalue weighted by atomic mass is 10.2.